The van der Waals surface area contributed by atoms with E-state index in [0.29, 0.717) is 41.3 Å². The van der Waals surface area contributed by atoms with Crippen LogP contribution < -0.4 is 10.7 Å². The summed E-state index contributed by atoms with van der Waals surface area (Å²) in [6.07, 6.45) is 12.0. The number of hydrogen-bond acceptors (Lipinski definition) is 12. The molecule has 58 heavy (non-hydrogen) atoms. The maximum absolute atomic E-state index is 13.8. The minimum atomic E-state index is -1.12. The van der Waals surface area contributed by atoms with Crippen molar-refractivity contribution < 1.29 is 48.6 Å². The highest BCUT2D eigenvalue weighted by atomic mass is 17.2. The Labute approximate surface area is 336 Å². The van der Waals surface area contributed by atoms with Crippen LogP contribution in [0, 0.1) is 25.2 Å². The molecule has 2 aromatic heterocycles. The molecule has 0 saturated carbocycles. The number of esters is 3. The van der Waals surface area contributed by atoms with Crippen LogP contribution in [0.25, 0.3) is 18.2 Å². The van der Waals surface area contributed by atoms with Crippen molar-refractivity contribution in [3.63, 3.8) is 0 Å². The summed E-state index contributed by atoms with van der Waals surface area (Å²) in [6, 6.07) is -0.410. The van der Waals surface area contributed by atoms with Crippen LogP contribution in [0.1, 0.15) is 60.3 Å². The van der Waals surface area contributed by atoms with Gasteiger partial charge in [0, 0.05) is 47.1 Å². The van der Waals surface area contributed by atoms with Crippen molar-refractivity contribution in [1.82, 2.24) is 9.97 Å². The summed E-state index contributed by atoms with van der Waals surface area (Å²) in [5, 5.41) is 19.9. The number of aromatic nitrogens is 2. The molecular weight excluding hydrogens is 745 g/mol. The largest absolute Gasteiger partial charge is 0.469 e. The second-order valence-corrected chi connectivity index (χ2v) is 14.6. The van der Waals surface area contributed by atoms with E-state index in [2.05, 4.69) is 23.1 Å². The van der Waals surface area contributed by atoms with Crippen LogP contribution in [0.5, 0.6) is 0 Å². The van der Waals surface area contributed by atoms with Gasteiger partial charge < -0.3 is 39.3 Å². The third kappa shape index (κ3) is 7.74. The van der Waals surface area contributed by atoms with Gasteiger partial charge in [-0.25, -0.2) is 4.79 Å². The standard InChI is InChI=1S/C44H50N4O10/c1-9-27-24(3)32-19-33-26(5)30(18-23(2)58-57-17-15-50)36(46-33)21-35-28(11-13-40(51)56-16-14-49)25(4)34(45-35)20-38-31-12-10-29(42(52)54-7)41(43(53)55-8)44(31,6)39(48-38)22-37(27)47-32/h9-10,12,19-21,37,41,45-46,49-50H,1-2,11,13-18,22H2,3-8H3/b33-19-,36-21-,38-20-. The zero-order valence-electron chi connectivity index (χ0n) is 33.7. The predicted molar refractivity (Wildman–Crippen MR) is 218 cm³/mol. The number of carbonyl (C=O) groups excluding carboxylic acids is 3. The minimum absolute atomic E-state index is 0.0148. The molecule has 306 valence electrons. The fourth-order valence-electron chi connectivity index (χ4n) is 8.27. The summed E-state index contributed by atoms with van der Waals surface area (Å²) < 4.78 is 15.7. The lowest BCUT2D eigenvalue weighted by Gasteiger charge is -2.38. The molecule has 14 nitrogen and oxygen atoms in total. The third-order valence-corrected chi connectivity index (χ3v) is 11.4. The number of ether oxygens (including phenoxy) is 3. The molecule has 0 saturated heterocycles. The van der Waals surface area contributed by atoms with Gasteiger partial charge in [-0.15, -0.1) is 0 Å². The van der Waals surface area contributed by atoms with Crippen LogP contribution in [0.3, 0.4) is 0 Å². The van der Waals surface area contributed by atoms with E-state index in [1.54, 1.807) is 12.2 Å². The van der Waals surface area contributed by atoms with Crippen molar-refractivity contribution in [2.45, 2.75) is 59.4 Å². The van der Waals surface area contributed by atoms with E-state index >= 15 is 0 Å². The number of rotatable bonds is 14. The SMILES string of the molecule is C=CC1=C(C)C2=NC1CC1=N/C(=C\c3[nH]c(c(CCC(=O)OCCO)c3C)/C=c3\[nH]/c(c(C)c3CC(=C)OOCCO)=C\2)C2=CC=C(C(=O)OC)C(C(=O)OC)C21C. The highest BCUT2D eigenvalue weighted by molar-refractivity contribution is 6.22. The molecule has 4 aliphatic rings. The average molecular weight is 795 g/mol. The number of aliphatic imine (C=N–C) groups is 2. The van der Waals surface area contributed by atoms with Gasteiger partial charge in [0.25, 0.3) is 0 Å². The minimum Gasteiger partial charge on any atom is -0.469 e. The molecule has 4 N–H and O–H groups in total. The highest BCUT2D eigenvalue weighted by Gasteiger charge is 2.55. The average Bonchev–Trinajstić information content (AvgIpc) is 3.86. The number of fused-ring (bicyclic) bond motifs is 9. The van der Waals surface area contributed by atoms with Crippen LogP contribution in [0.2, 0.25) is 0 Å². The van der Waals surface area contributed by atoms with E-state index in [9.17, 15) is 24.6 Å². The molecule has 3 unspecified atom stereocenters. The first kappa shape index (κ1) is 41.8. The number of aromatic amines is 2. The molecule has 0 radical (unpaired) electrons. The van der Waals surface area contributed by atoms with E-state index in [-0.39, 0.29) is 44.8 Å². The molecule has 5 heterocycles. The first-order valence-electron chi connectivity index (χ1n) is 19.1. The zero-order chi connectivity index (χ0) is 41.9. The summed E-state index contributed by atoms with van der Waals surface area (Å²) in [5.74, 6) is -2.42. The van der Waals surface area contributed by atoms with Crippen LogP contribution in [-0.4, -0.2) is 96.2 Å². The molecule has 0 amide bonds. The highest BCUT2D eigenvalue weighted by Crippen LogP contribution is 2.53. The zero-order valence-corrected chi connectivity index (χ0v) is 33.7. The van der Waals surface area contributed by atoms with Crippen LogP contribution in [0.4, 0.5) is 0 Å². The second-order valence-electron chi connectivity index (χ2n) is 14.6. The number of carbonyl (C=O) groups is 3. The topological polar surface area (TPSA) is 194 Å². The number of aliphatic hydroxyl groups excluding tert-OH is 2. The Morgan fingerprint density at radius 3 is 2.41 bits per heavy atom. The molecule has 0 fully saturated rings. The Bertz CT molecular complexity index is 2380. The molecule has 0 spiro atoms. The van der Waals surface area contributed by atoms with Gasteiger partial charge in [0.15, 0.2) is 0 Å². The molecule has 1 aliphatic carbocycles. The quantitative estimate of drug-likeness (QED) is 0.0550. The number of hydrogen-bond donors (Lipinski definition) is 4. The number of allylic oxidation sites excluding steroid dienone is 5. The van der Waals surface area contributed by atoms with Gasteiger partial charge in [0.05, 0.1) is 55.9 Å². The van der Waals surface area contributed by atoms with Crippen molar-refractivity contribution in [3.8, 4) is 0 Å². The first-order valence-corrected chi connectivity index (χ1v) is 19.1. The molecule has 3 atom stereocenters. The van der Waals surface area contributed by atoms with E-state index in [1.807, 2.05) is 52.0 Å². The Balaban J connectivity index is 1.63. The van der Waals surface area contributed by atoms with E-state index in [4.69, 9.17) is 34.0 Å². The van der Waals surface area contributed by atoms with Crippen LogP contribution in [0.15, 0.2) is 75.1 Å². The molecule has 3 aliphatic heterocycles. The molecule has 2 aromatic rings. The van der Waals surface area contributed by atoms with Crippen molar-refractivity contribution in [1.29, 1.82) is 0 Å². The number of methoxy groups -OCH3 is 2. The fraction of sp³-hybridized carbons (Fsp3) is 0.386. The first-order chi connectivity index (χ1) is 27.8. The van der Waals surface area contributed by atoms with Crippen LogP contribution in [-0.2, 0) is 51.2 Å². The molecular formula is C44H50N4O10. The maximum atomic E-state index is 13.8. The van der Waals surface area contributed by atoms with E-state index in [1.165, 1.54) is 14.2 Å². The number of H-pyrrole nitrogens is 2. The molecule has 0 aromatic carbocycles. The lowest BCUT2D eigenvalue weighted by Crippen LogP contribution is -2.45. The lowest BCUT2D eigenvalue weighted by atomic mass is 9.62. The van der Waals surface area contributed by atoms with Gasteiger partial charge >= 0.3 is 17.9 Å². The Morgan fingerprint density at radius 2 is 1.72 bits per heavy atom. The van der Waals surface area contributed by atoms with Crippen molar-refractivity contribution >= 4 is 47.6 Å². The second kappa shape index (κ2) is 17.3. The normalized spacial score (nSPS) is 22.7. The number of aliphatic hydroxyl groups is 2. The Kier molecular flexibility index (Phi) is 12.5. The fourth-order valence-corrected chi connectivity index (χ4v) is 8.27. The Morgan fingerprint density at radius 1 is 0.966 bits per heavy atom. The number of nitrogens with zero attached hydrogens (tertiary/aromatic N) is 2. The van der Waals surface area contributed by atoms with Crippen molar-refractivity contribution in [3.05, 3.63) is 109 Å². The van der Waals surface area contributed by atoms with Gasteiger partial charge in [-0.3, -0.25) is 19.6 Å². The maximum Gasteiger partial charge on any atom is 0.334 e. The molecule has 6 rings (SSSR count). The third-order valence-electron chi connectivity index (χ3n) is 11.4. The van der Waals surface area contributed by atoms with E-state index in [0.717, 1.165) is 55.5 Å². The summed E-state index contributed by atoms with van der Waals surface area (Å²) in [4.78, 5) is 67.8. The van der Waals surface area contributed by atoms with Gasteiger partial charge in [-0.2, -0.15) is 4.89 Å². The van der Waals surface area contributed by atoms with Crippen molar-refractivity contribution in [2.75, 3.05) is 40.6 Å². The van der Waals surface area contributed by atoms with Crippen LogP contribution >= 0.6 is 0 Å². The van der Waals surface area contributed by atoms with Gasteiger partial charge in [-0.05, 0) is 91.3 Å². The summed E-state index contributed by atoms with van der Waals surface area (Å²) in [5.41, 5.74) is 8.45. The summed E-state index contributed by atoms with van der Waals surface area (Å²) in [7, 11) is 2.57. The smallest absolute Gasteiger partial charge is 0.334 e. The lowest BCUT2D eigenvalue weighted by molar-refractivity contribution is -0.266. The summed E-state index contributed by atoms with van der Waals surface area (Å²) in [6.45, 7) is 15.4. The van der Waals surface area contributed by atoms with Gasteiger partial charge in [0.2, 0.25) is 0 Å². The van der Waals surface area contributed by atoms with Crippen molar-refractivity contribution in [2.24, 2.45) is 21.3 Å². The monoisotopic (exact) mass is 794 g/mol. The predicted octanol–water partition coefficient (Wildman–Crippen LogP) is 3.39. The van der Waals surface area contributed by atoms with E-state index < -0.39 is 35.3 Å². The number of nitrogens with one attached hydrogen (secondary N) is 2. The molecule has 8 bridgehead atoms. The molecule has 14 heteroatoms. The van der Waals surface area contributed by atoms with Gasteiger partial charge in [-0.1, -0.05) is 31.4 Å². The Hall–Kier alpha value is -5.83. The van der Waals surface area contributed by atoms with Gasteiger partial charge in [0.1, 0.15) is 24.9 Å². The summed E-state index contributed by atoms with van der Waals surface area (Å²) >= 11 is 0.